The molecule has 1 aromatic carbocycles. The van der Waals surface area contributed by atoms with E-state index in [1.807, 2.05) is 6.07 Å². The number of halogens is 1. The van der Waals surface area contributed by atoms with Crippen molar-refractivity contribution in [1.82, 2.24) is 24.7 Å². The van der Waals surface area contributed by atoms with Gasteiger partial charge in [0.25, 0.3) is 0 Å². The van der Waals surface area contributed by atoms with Crippen molar-refractivity contribution in [3.05, 3.63) is 72.1 Å². The van der Waals surface area contributed by atoms with Crippen molar-refractivity contribution in [3.63, 3.8) is 0 Å². The minimum absolute atomic E-state index is 0.172. The van der Waals surface area contributed by atoms with Crippen LogP contribution >= 0.6 is 0 Å². The standard InChI is InChI=1S/C26H28FN5/c1-26(2,3)25-29-14-10-21(30-25)24-23(18-4-6-20(27)7-5-18)31-22-16-19(11-15-32(22)24)17-8-12-28-13-9-17/h4-7,10-11,14-17,28H,8-9,12-13H2,1-3H3. The Hall–Kier alpha value is -3.12. The van der Waals surface area contributed by atoms with E-state index in [0.29, 0.717) is 5.92 Å². The fraction of sp³-hybridized carbons (Fsp3) is 0.346. The highest BCUT2D eigenvalue weighted by Crippen LogP contribution is 2.34. The molecule has 0 amide bonds. The Morgan fingerprint density at radius 1 is 1.00 bits per heavy atom. The normalized spacial score (nSPS) is 15.4. The number of imidazole rings is 1. The summed E-state index contributed by atoms with van der Waals surface area (Å²) < 4.78 is 15.7. The summed E-state index contributed by atoms with van der Waals surface area (Å²) in [5, 5.41) is 3.43. The summed E-state index contributed by atoms with van der Waals surface area (Å²) in [6.07, 6.45) is 6.17. The molecule has 0 unspecified atom stereocenters. The molecule has 164 valence electrons. The van der Waals surface area contributed by atoms with E-state index >= 15 is 0 Å². The molecule has 32 heavy (non-hydrogen) atoms. The van der Waals surface area contributed by atoms with E-state index in [1.165, 1.54) is 17.7 Å². The molecule has 0 atom stereocenters. The van der Waals surface area contributed by atoms with Gasteiger partial charge in [0.1, 0.15) is 17.3 Å². The van der Waals surface area contributed by atoms with Crippen LogP contribution in [-0.2, 0) is 5.41 Å². The Morgan fingerprint density at radius 2 is 1.75 bits per heavy atom. The zero-order chi connectivity index (χ0) is 22.3. The molecular formula is C26H28FN5. The van der Waals surface area contributed by atoms with Crippen molar-refractivity contribution in [2.24, 2.45) is 0 Å². The van der Waals surface area contributed by atoms with Crippen LogP contribution in [0.25, 0.3) is 28.3 Å². The van der Waals surface area contributed by atoms with Crippen molar-refractivity contribution in [2.45, 2.75) is 44.9 Å². The van der Waals surface area contributed by atoms with Crippen LogP contribution in [-0.4, -0.2) is 32.4 Å². The molecule has 1 N–H and O–H groups in total. The minimum atomic E-state index is -0.260. The summed E-state index contributed by atoms with van der Waals surface area (Å²) in [7, 11) is 0. The SMILES string of the molecule is CC(C)(C)c1nccc(-c2c(-c3ccc(F)cc3)nc3cc(C4CCNCC4)ccn23)n1. The summed E-state index contributed by atoms with van der Waals surface area (Å²) in [6, 6.07) is 12.8. The first-order chi connectivity index (χ1) is 15.4. The number of nitrogens with one attached hydrogen (secondary N) is 1. The molecule has 1 fully saturated rings. The molecule has 1 aliphatic rings. The van der Waals surface area contributed by atoms with E-state index < -0.39 is 0 Å². The van der Waals surface area contributed by atoms with Gasteiger partial charge in [-0.05, 0) is 79.9 Å². The van der Waals surface area contributed by atoms with E-state index in [1.54, 1.807) is 18.3 Å². The summed E-state index contributed by atoms with van der Waals surface area (Å²) in [5.41, 5.74) is 5.40. The van der Waals surface area contributed by atoms with Gasteiger partial charge in [0.2, 0.25) is 0 Å². The summed E-state index contributed by atoms with van der Waals surface area (Å²) in [6.45, 7) is 8.41. The van der Waals surface area contributed by atoms with Crippen molar-refractivity contribution in [2.75, 3.05) is 13.1 Å². The fourth-order valence-electron chi connectivity index (χ4n) is 4.38. The number of benzene rings is 1. The molecule has 1 saturated heterocycles. The third-order valence-electron chi connectivity index (χ3n) is 6.15. The Bertz CT molecular complexity index is 1250. The topological polar surface area (TPSA) is 55.1 Å². The predicted molar refractivity (Wildman–Crippen MR) is 125 cm³/mol. The summed E-state index contributed by atoms with van der Waals surface area (Å²) in [4.78, 5) is 14.4. The van der Waals surface area contributed by atoms with Crippen molar-refractivity contribution in [1.29, 1.82) is 0 Å². The Balaban J connectivity index is 1.70. The van der Waals surface area contributed by atoms with Gasteiger partial charge in [-0.15, -0.1) is 0 Å². The second-order valence-electron chi connectivity index (χ2n) is 9.54. The average Bonchev–Trinajstić information content (AvgIpc) is 3.18. The van der Waals surface area contributed by atoms with Gasteiger partial charge in [-0.25, -0.2) is 19.3 Å². The Labute approximate surface area is 187 Å². The van der Waals surface area contributed by atoms with Crippen LogP contribution in [0.1, 0.15) is 50.9 Å². The summed E-state index contributed by atoms with van der Waals surface area (Å²) in [5.74, 6) is 1.06. The van der Waals surface area contributed by atoms with Gasteiger partial charge in [0, 0.05) is 23.4 Å². The number of aromatic nitrogens is 4. The largest absolute Gasteiger partial charge is 0.317 e. The van der Waals surface area contributed by atoms with Crippen LogP contribution in [0.4, 0.5) is 4.39 Å². The van der Waals surface area contributed by atoms with Crippen LogP contribution in [0, 0.1) is 5.82 Å². The first-order valence-corrected chi connectivity index (χ1v) is 11.2. The van der Waals surface area contributed by atoms with E-state index in [4.69, 9.17) is 9.97 Å². The molecular weight excluding hydrogens is 401 g/mol. The molecule has 3 aromatic heterocycles. The van der Waals surface area contributed by atoms with Gasteiger partial charge >= 0.3 is 0 Å². The van der Waals surface area contributed by atoms with Gasteiger partial charge in [-0.3, -0.25) is 4.40 Å². The third kappa shape index (κ3) is 3.91. The van der Waals surface area contributed by atoms with Gasteiger partial charge in [0.05, 0.1) is 17.1 Å². The molecule has 1 aliphatic heterocycles. The highest BCUT2D eigenvalue weighted by molar-refractivity contribution is 5.80. The number of fused-ring (bicyclic) bond motifs is 1. The molecule has 0 spiro atoms. The van der Waals surface area contributed by atoms with Crippen LogP contribution in [0.15, 0.2) is 54.9 Å². The zero-order valence-electron chi connectivity index (χ0n) is 18.8. The van der Waals surface area contributed by atoms with Gasteiger partial charge in [0.15, 0.2) is 0 Å². The Morgan fingerprint density at radius 3 is 2.47 bits per heavy atom. The molecule has 5 rings (SSSR count). The minimum Gasteiger partial charge on any atom is -0.317 e. The number of rotatable bonds is 3. The molecule has 0 bridgehead atoms. The monoisotopic (exact) mass is 429 g/mol. The number of pyridine rings is 1. The lowest BCUT2D eigenvalue weighted by Crippen LogP contribution is -2.26. The molecule has 0 radical (unpaired) electrons. The molecule has 6 heteroatoms. The maximum atomic E-state index is 13.6. The quantitative estimate of drug-likeness (QED) is 0.476. The second kappa shape index (κ2) is 8.10. The third-order valence-corrected chi connectivity index (χ3v) is 6.15. The molecule has 0 saturated carbocycles. The summed E-state index contributed by atoms with van der Waals surface area (Å²) >= 11 is 0. The molecule has 0 aliphatic carbocycles. The van der Waals surface area contributed by atoms with E-state index in [9.17, 15) is 4.39 Å². The van der Waals surface area contributed by atoms with Gasteiger partial charge in [-0.1, -0.05) is 20.8 Å². The smallest absolute Gasteiger partial charge is 0.138 e. The Kier molecular flexibility index (Phi) is 5.25. The number of hydrogen-bond donors (Lipinski definition) is 1. The van der Waals surface area contributed by atoms with Gasteiger partial charge in [-0.2, -0.15) is 0 Å². The number of hydrogen-bond acceptors (Lipinski definition) is 4. The van der Waals surface area contributed by atoms with Crippen molar-refractivity contribution in [3.8, 4) is 22.6 Å². The first-order valence-electron chi connectivity index (χ1n) is 11.2. The van der Waals surface area contributed by atoms with E-state index in [2.05, 4.69) is 53.8 Å². The highest BCUT2D eigenvalue weighted by Gasteiger charge is 2.23. The van der Waals surface area contributed by atoms with Crippen molar-refractivity contribution < 1.29 is 4.39 Å². The number of piperidine rings is 1. The van der Waals surface area contributed by atoms with Crippen molar-refractivity contribution >= 4 is 5.65 Å². The van der Waals surface area contributed by atoms with Crippen LogP contribution in [0.5, 0.6) is 0 Å². The first kappa shape index (κ1) is 20.8. The van der Waals surface area contributed by atoms with Crippen LogP contribution < -0.4 is 5.32 Å². The lowest BCUT2D eigenvalue weighted by molar-refractivity contribution is 0.460. The maximum absolute atomic E-state index is 13.6. The number of nitrogens with zero attached hydrogens (tertiary/aromatic N) is 4. The van der Waals surface area contributed by atoms with Crippen LogP contribution in [0.2, 0.25) is 0 Å². The zero-order valence-corrected chi connectivity index (χ0v) is 18.8. The molecule has 5 nitrogen and oxygen atoms in total. The molecule has 4 heterocycles. The lowest BCUT2D eigenvalue weighted by atomic mass is 9.91. The van der Waals surface area contributed by atoms with E-state index in [-0.39, 0.29) is 11.2 Å². The fourth-order valence-corrected chi connectivity index (χ4v) is 4.38. The lowest BCUT2D eigenvalue weighted by Gasteiger charge is -2.23. The van der Waals surface area contributed by atoms with Gasteiger partial charge < -0.3 is 5.32 Å². The average molecular weight is 430 g/mol. The van der Waals surface area contributed by atoms with E-state index in [0.717, 1.165) is 60.0 Å². The maximum Gasteiger partial charge on any atom is 0.138 e. The predicted octanol–water partition coefficient (Wildman–Crippen LogP) is 5.36. The van der Waals surface area contributed by atoms with Crippen LogP contribution in [0.3, 0.4) is 0 Å². The second-order valence-corrected chi connectivity index (χ2v) is 9.54. The molecule has 4 aromatic rings. The highest BCUT2D eigenvalue weighted by atomic mass is 19.1.